The summed E-state index contributed by atoms with van der Waals surface area (Å²) in [5.74, 6) is 0.0237. The maximum Gasteiger partial charge on any atom is 0.315 e. The molecule has 0 aliphatic carbocycles. The molecule has 0 saturated carbocycles. The maximum atomic E-state index is 11.2. The lowest BCUT2D eigenvalue weighted by Gasteiger charge is -2.12. The van der Waals surface area contributed by atoms with Crippen LogP contribution in [-0.4, -0.2) is 45.4 Å². The highest BCUT2D eigenvalue weighted by atomic mass is 32.2. The van der Waals surface area contributed by atoms with Gasteiger partial charge in [-0.25, -0.2) is 4.79 Å². The van der Waals surface area contributed by atoms with Gasteiger partial charge in [0.1, 0.15) is 0 Å². The highest BCUT2D eigenvalue weighted by Crippen LogP contribution is 1.89. The van der Waals surface area contributed by atoms with Crippen molar-refractivity contribution >= 4 is 22.8 Å². The van der Waals surface area contributed by atoms with Gasteiger partial charge in [0.15, 0.2) is 0 Å². The van der Waals surface area contributed by atoms with Gasteiger partial charge in [-0.15, -0.1) is 0 Å². The van der Waals surface area contributed by atoms with Crippen molar-refractivity contribution in [3.8, 4) is 0 Å². The summed E-state index contributed by atoms with van der Waals surface area (Å²) in [7, 11) is -0.902. The molecule has 0 aromatic carbocycles. The number of urea groups is 1. The summed E-state index contributed by atoms with van der Waals surface area (Å²) in [5, 5.41) is 13.5. The number of nitrogens with one attached hydrogen (secondary N) is 2. The van der Waals surface area contributed by atoms with Gasteiger partial charge in [-0.05, 0) is 6.92 Å². The quantitative estimate of drug-likeness (QED) is 0.589. The van der Waals surface area contributed by atoms with Crippen LogP contribution in [0.25, 0.3) is 0 Å². The number of carbonyl (C=O) groups is 2. The SMILES string of the molecule is CCS(=O)CCNC(=O)NC(C)CC(=O)O. The van der Waals surface area contributed by atoms with E-state index in [-0.39, 0.29) is 6.42 Å². The number of rotatable bonds is 7. The first-order chi connectivity index (χ1) is 7.45. The summed E-state index contributed by atoms with van der Waals surface area (Å²) in [5.41, 5.74) is 0. The molecule has 2 amide bonds. The lowest BCUT2D eigenvalue weighted by molar-refractivity contribution is -0.137. The second-order valence-electron chi connectivity index (χ2n) is 3.33. The molecule has 16 heavy (non-hydrogen) atoms. The van der Waals surface area contributed by atoms with Crippen LogP contribution in [0, 0.1) is 0 Å². The fourth-order valence-corrected chi connectivity index (χ4v) is 1.63. The number of carbonyl (C=O) groups excluding carboxylic acids is 1. The standard InChI is InChI=1S/C9H18N2O4S/c1-3-16(15)5-4-10-9(14)11-7(2)6-8(12)13/h7H,3-6H2,1-2H3,(H,12,13)(H2,10,11,14). The second kappa shape index (κ2) is 8.09. The number of amides is 2. The zero-order valence-corrected chi connectivity index (χ0v) is 10.3. The molecule has 0 spiro atoms. The van der Waals surface area contributed by atoms with Gasteiger partial charge in [-0.1, -0.05) is 6.92 Å². The first kappa shape index (κ1) is 14.9. The topological polar surface area (TPSA) is 95.5 Å². The predicted octanol–water partition coefficient (Wildman–Crippen LogP) is -0.0826. The number of hydrogen-bond donors (Lipinski definition) is 3. The molecule has 0 heterocycles. The van der Waals surface area contributed by atoms with Gasteiger partial charge in [0, 0.05) is 34.9 Å². The molecule has 2 unspecified atom stereocenters. The number of aliphatic carboxylic acids is 1. The van der Waals surface area contributed by atoms with Gasteiger partial charge < -0.3 is 15.7 Å². The maximum absolute atomic E-state index is 11.2. The van der Waals surface area contributed by atoms with E-state index < -0.39 is 28.8 Å². The average molecular weight is 250 g/mol. The number of carboxylic acid groups (broad SMARTS) is 1. The van der Waals surface area contributed by atoms with Gasteiger partial charge in [0.05, 0.1) is 6.42 Å². The first-order valence-electron chi connectivity index (χ1n) is 5.06. The molecule has 0 fully saturated rings. The molecule has 0 rings (SSSR count). The molecule has 0 aliphatic heterocycles. The molecule has 0 saturated heterocycles. The van der Waals surface area contributed by atoms with Crippen molar-refractivity contribution in [2.45, 2.75) is 26.3 Å². The van der Waals surface area contributed by atoms with Crippen molar-refractivity contribution < 1.29 is 18.9 Å². The molecule has 7 heteroatoms. The molecule has 0 bridgehead atoms. The Balaban J connectivity index is 3.66. The summed E-state index contributed by atoms with van der Waals surface area (Å²) in [6, 6.07) is -0.851. The average Bonchev–Trinajstić information content (AvgIpc) is 2.15. The lowest BCUT2D eigenvalue weighted by Crippen LogP contribution is -2.42. The fraction of sp³-hybridized carbons (Fsp3) is 0.778. The Hall–Kier alpha value is -1.11. The van der Waals surface area contributed by atoms with Crippen LogP contribution in [0.4, 0.5) is 4.79 Å². The second-order valence-corrected chi connectivity index (χ2v) is 5.20. The Bertz CT molecular complexity index is 270. The Morgan fingerprint density at radius 2 is 2.06 bits per heavy atom. The molecule has 0 aromatic heterocycles. The summed E-state index contributed by atoms with van der Waals surface area (Å²) in [6.45, 7) is 3.75. The van der Waals surface area contributed by atoms with Crippen molar-refractivity contribution in [1.29, 1.82) is 0 Å². The Labute approximate surface area is 97.3 Å². The predicted molar refractivity (Wildman–Crippen MR) is 61.8 cm³/mol. The van der Waals surface area contributed by atoms with Crippen LogP contribution in [0.3, 0.4) is 0 Å². The molecule has 6 nitrogen and oxygen atoms in total. The van der Waals surface area contributed by atoms with E-state index in [0.29, 0.717) is 18.1 Å². The minimum atomic E-state index is -0.958. The molecule has 0 aliphatic rings. The van der Waals surface area contributed by atoms with Gasteiger partial charge in [0.25, 0.3) is 0 Å². The Kier molecular flexibility index (Phi) is 7.53. The van der Waals surface area contributed by atoms with Crippen LogP contribution in [0.15, 0.2) is 0 Å². The van der Waals surface area contributed by atoms with Gasteiger partial charge in [0.2, 0.25) is 0 Å². The highest BCUT2D eigenvalue weighted by Gasteiger charge is 2.10. The third-order valence-electron chi connectivity index (χ3n) is 1.80. The van der Waals surface area contributed by atoms with Crippen molar-refractivity contribution in [2.24, 2.45) is 0 Å². The third-order valence-corrected chi connectivity index (χ3v) is 3.10. The van der Waals surface area contributed by atoms with Crippen LogP contribution in [0.5, 0.6) is 0 Å². The van der Waals surface area contributed by atoms with E-state index in [1.54, 1.807) is 6.92 Å². The van der Waals surface area contributed by atoms with E-state index in [9.17, 15) is 13.8 Å². The van der Waals surface area contributed by atoms with Crippen molar-refractivity contribution in [2.75, 3.05) is 18.1 Å². The van der Waals surface area contributed by atoms with E-state index in [1.165, 1.54) is 0 Å². The number of carboxylic acids is 1. The zero-order chi connectivity index (χ0) is 12.6. The van der Waals surface area contributed by atoms with E-state index >= 15 is 0 Å². The first-order valence-corrected chi connectivity index (χ1v) is 6.55. The van der Waals surface area contributed by atoms with E-state index in [0.717, 1.165) is 0 Å². The summed E-state index contributed by atoms with van der Waals surface area (Å²) < 4.78 is 11.0. The molecular weight excluding hydrogens is 232 g/mol. The molecule has 0 radical (unpaired) electrons. The Morgan fingerprint density at radius 1 is 1.44 bits per heavy atom. The van der Waals surface area contributed by atoms with E-state index in [1.807, 2.05) is 6.92 Å². The summed E-state index contributed by atoms with van der Waals surface area (Å²) >= 11 is 0. The largest absolute Gasteiger partial charge is 0.481 e. The van der Waals surface area contributed by atoms with Crippen molar-refractivity contribution in [1.82, 2.24) is 10.6 Å². The van der Waals surface area contributed by atoms with Crippen molar-refractivity contribution in [3.63, 3.8) is 0 Å². The minimum absolute atomic E-state index is 0.117. The lowest BCUT2D eigenvalue weighted by atomic mass is 10.2. The van der Waals surface area contributed by atoms with E-state index in [4.69, 9.17) is 5.11 Å². The monoisotopic (exact) mass is 250 g/mol. The smallest absolute Gasteiger partial charge is 0.315 e. The van der Waals surface area contributed by atoms with Gasteiger partial charge in [-0.2, -0.15) is 0 Å². The Morgan fingerprint density at radius 3 is 2.56 bits per heavy atom. The van der Waals surface area contributed by atoms with Crippen LogP contribution in [0.1, 0.15) is 20.3 Å². The molecule has 2 atom stereocenters. The normalized spacial score (nSPS) is 13.9. The van der Waals surface area contributed by atoms with Gasteiger partial charge in [-0.3, -0.25) is 9.00 Å². The van der Waals surface area contributed by atoms with Gasteiger partial charge >= 0.3 is 12.0 Å². The molecular formula is C9H18N2O4S. The fourth-order valence-electron chi connectivity index (χ4n) is 1.01. The number of hydrogen-bond acceptors (Lipinski definition) is 3. The third kappa shape index (κ3) is 8.22. The van der Waals surface area contributed by atoms with Crippen LogP contribution in [-0.2, 0) is 15.6 Å². The van der Waals surface area contributed by atoms with Crippen LogP contribution >= 0.6 is 0 Å². The van der Waals surface area contributed by atoms with E-state index in [2.05, 4.69) is 10.6 Å². The van der Waals surface area contributed by atoms with Crippen LogP contribution < -0.4 is 10.6 Å². The summed E-state index contributed by atoms with van der Waals surface area (Å²) in [6.07, 6.45) is -0.117. The molecule has 0 aromatic rings. The minimum Gasteiger partial charge on any atom is -0.481 e. The zero-order valence-electron chi connectivity index (χ0n) is 9.49. The molecule has 3 N–H and O–H groups in total. The highest BCUT2D eigenvalue weighted by molar-refractivity contribution is 7.84. The van der Waals surface area contributed by atoms with Crippen LogP contribution in [0.2, 0.25) is 0 Å². The van der Waals surface area contributed by atoms with Crippen molar-refractivity contribution in [3.05, 3.63) is 0 Å². The molecule has 94 valence electrons. The summed E-state index contributed by atoms with van der Waals surface area (Å²) in [4.78, 5) is 21.5.